The molecule has 0 aliphatic carbocycles. The Morgan fingerprint density at radius 1 is 1.00 bits per heavy atom. The fourth-order valence-corrected chi connectivity index (χ4v) is 3.27. The maximum Gasteiger partial charge on any atom is 0.330 e. The molecule has 0 saturated carbocycles. The Hall–Kier alpha value is -3.45. The van der Waals surface area contributed by atoms with Gasteiger partial charge in [0, 0.05) is 25.5 Å². The Morgan fingerprint density at radius 2 is 1.83 bits per heavy atom. The summed E-state index contributed by atoms with van der Waals surface area (Å²) in [5.74, 6) is -0.275. The molecule has 1 amide bonds. The minimum atomic E-state index is -0.275. The number of fused-ring (bicyclic) bond motifs is 1. The number of hydrogen-bond donors (Lipinski definition) is 1. The van der Waals surface area contributed by atoms with Crippen LogP contribution in [-0.4, -0.2) is 31.6 Å². The molecule has 0 atom stereocenters. The summed E-state index contributed by atoms with van der Waals surface area (Å²) in [6.45, 7) is 1.04. The Labute approximate surface area is 171 Å². The van der Waals surface area contributed by atoms with Crippen molar-refractivity contribution in [3.8, 4) is 0 Å². The fraction of sp³-hybridized carbons (Fsp3) is 0.143. The summed E-state index contributed by atoms with van der Waals surface area (Å²) in [4.78, 5) is 33.5. The minimum absolute atomic E-state index is 0.162. The van der Waals surface area contributed by atoms with E-state index in [4.69, 9.17) is 11.6 Å². The van der Waals surface area contributed by atoms with E-state index in [0.717, 1.165) is 11.1 Å². The van der Waals surface area contributed by atoms with E-state index in [0.29, 0.717) is 29.5 Å². The molecule has 0 aliphatic rings. The van der Waals surface area contributed by atoms with Crippen LogP contribution in [0.25, 0.3) is 11.2 Å². The van der Waals surface area contributed by atoms with Gasteiger partial charge in [-0.05, 0) is 29.8 Å². The second-order valence-corrected chi connectivity index (χ2v) is 6.86. The molecule has 8 heteroatoms. The highest BCUT2D eigenvalue weighted by molar-refractivity contribution is 6.29. The molecule has 146 valence electrons. The Kier molecular flexibility index (Phi) is 5.39. The van der Waals surface area contributed by atoms with Crippen LogP contribution in [0.15, 0.2) is 71.8 Å². The highest BCUT2D eigenvalue weighted by Crippen LogP contribution is 2.12. The molecule has 0 unspecified atom stereocenters. The highest BCUT2D eigenvalue weighted by Gasteiger charge is 2.14. The number of imidazole rings is 1. The van der Waals surface area contributed by atoms with Gasteiger partial charge < -0.3 is 5.32 Å². The number of rotatable bonds is 6. The van der Waals surface area contributed by atoms with Crippen molar-refractivity contribution in [2.45, 2.75) is 13.1 Å². The van der Waals surface area contributed by atoms with Crippen molar-refractivity contribution in [2.75, 3.05) is 6.54 Å². The van der Waals surface area contributed by atoms with Gasteiger partial charge in [-0.2, -0.15) is 0 Å². The lowest BCUT2D eigenvalue weighted by atomic mass is 10.2. The third kappa shape index (κ3) is 4.05. The number of halogens is 1. The average molecular weight is 408 g/mol. The van der Waals surface area contributed by atoms with Gasteiger partial charge >= 0.3 is 5.69 Å². The zero-order valence-electron chi connectivity index (χ0n) is 15.5. The lowest BCUT2D eigenvalue weighted by Crippen LogP contribution is -2.32. The third-order valence-corrected chi connectivity index (χ3v) is 4.79. The largest absolute Gasteiger partial charge is 0.350 e. The zero-order valence-corrected chi connectivity index (χ0v) is 16.2. The summed E-state index contributed by atoms with van der Waals surface area (Å²) in [7, 11) is 0. The first-order chi connectivity index (χ1) is 14.1. The zero-order chi connectivity index (χ0) is 20.2. The average Bonchev–Trinajstić information content (AvgIpc) is 3.01. The summed E-state index contributed by atoms with van der Waals surface area (Å²) in [6, 6.07) is 16.6. The number of amides is 1. The quantitative estimate of drug-likeness (QED) is 0.498. The first-order valence-electron chi connectivity index (χ1n) is 9.11. The van der Waals surface area contributed by atoms with Crippen LogP contribution in [0.1, 0.15) is 15.9 Å². The van der Waals surface area contributed by atoms with Crippen LogP contribution in [0.3, 0.4) is 0 Å². The van der Waals surface area contributed by atoms with Crippen molar-refractivity contribution in [3.63, 3.8) is 0 Å². The van der Waals surface area contributed by atoms with Gasteiger partial charge in [0.25, 0.3) is 5.91 Å². The van der Waals surface area contributed by atoms with Crippen LogP contribution >= 0.6 is 11.6 Å². The number of carbonyl (C=O) groups is 1. The number of aromatic nitrogens is 4. The third-order valence-electron chi connectivity index (χ3n) is 4.57. The van der Waals surface area contributed by atoms with Crippen LogP contribution < -0.4 is 11.0 Å². The maximum atomic E-state index is 13.0. The summed E-state index contributed by atoms with van der Waals surface area (Å²) in [6.07, 6.45) is 3.07. The predicted molar refractivity (Wildman–Crippen MR) is 111 cm³/mol. The van der Waals surface area contributed by atoms with Gasteiger partial charge in [-0.3, -0.25) is 13.9 Å². The molecule has 4 rings (SSSR count). The van der Waals surface area contributed by atoms with Crippen molar-refractivity contribution in [1.29, 1.82) is 0 Å². The van der Waals surface area contributed by atoms with Crippen molar-refractivity contribution in [2.24, 2.45) is 0 Å². The first kappa shape index (κ1) is 18.9. The normalized spacial score (nSPS) is 10.9. The summed E-state index contributed by atoms with van der Waals surface area (Å²) >= 11 is 5.74. The van der Waals surface area contributed by atoms with E-state index in [9.17, 15) is 9.59 Å². The van der Waals surface area contributed by atoms with Gasteiger partial charge in [-0.25, -0.2) is 14.8 Å². The van der Waals surface area contributed by atoms with Crippen LogP contribution in [0.5, 0.6) is 0 Å². The smallest absolute Gasteiger partial charge is 0.330 e. The molecule has 0 spiro atoms. The maximum absolute atomic E-state index is 13.0. The lowest BCUT2D eigenvalue weighted by Gasteiger charge is -2.06. The van der Waals surface area contributed by atoms with E-state index >= 15 is 0 Å². The molecule has 29 heavy (non-hydrogen) atoms. The summed E-state index contributed by atoms with van der Waals surface area (Å²) in [5.41, 5.74) is 2.63. The number of pyridine rings is 2. The number of nitrogens with one attached hydrogen (secondary N) is 1. The van der Waals surface area contributed by atoms with E-state index < -0.39 is 0 Å². The molecule has 7 nitrogen and oxygen atoms in total. The first-order valence-corrected chi connectivity index (χ1v) is 9.49. The van der Waals surface area contributed by atoms with Gasteiger partial charge in [0.15, 0.2) is 5.65 Å². The topological polar surface area (TPSA) is 81.8 Å². The van der Waals surface area contributed by atoms with Crippen molar-refractivity contribution in [1.82, 2.24) is 24.4 Å². The van der Waals surface area contributed by atoms with E-state index in [1.165, 1.54) is 6.20 Å². The Morgan fingerprint density at radius 3 is 2.59 bits per heavy atom. The molecule has 3 aromatic heterocycles. The van der Waals surface area contributed by atoms with E-state index in [1.54, 1.807) is 27.5 Å². The summed E-state index contributed by atoms with van der Waals surface area (Å²) < 4.78 is 3.28. The molecule has 0 bridgehead atoms. The molecule has 0 saturated heterocycles. The number of hydrogen-bond acceptors (Lipinski definition) is 4. The monoisotopic (exact) mass is 407 g/mol. The van der Waals surface area contributed by atoms with Gasteiger partial charge in [0.2, 0.25) is 0 Å². The molecule has 4 aromatic rings. The van der Waals surface area contributed by atoms with E-state index in [1.807, 2.05) is 42.5 Å². The Bertz CT molecular complexity index is 1200. The molecular formula is C21H18ClN5O2. The van der Waals surface area contributed by atoms with E-state index in [2.05, 4.69) is 15.3 Å². The van der Waals surface area contributed by atoms with Gasteiger partial charge in [-0.1, -0.05) is 41.9 Å². The SMILES string of the molecule is O=C(NCCn1c(=O)n(Cc2ccccc2)c2cccnc21)c1ccc(Cl)nc1. The van der Waals surface area contributed by atoms with E-state index in [-0.39, 0.29) is 18.1 Å². The van der Waals surface area contributed by atoms with Crippen molar-refractivity contribution >= 4 is 28.7 Å². The van der Waals surface area contributed by atoms with Gasteiger partial charge in [0.05, 0.1) is 17.6 Å². The molecular weight excluding hydrogens is 390 g/mol. The van der Waals surface area contributed by atoms with Crippen LogP contribution in [0.2, 0.25) is 5.15 Å². The molecule has 0 radical (unpaired) electrons. The fourth-order valence-electron chi connectivity index (χ4n) is 3.16. The molecule has 1 N–H and O–H groups in total. The Balaban J connectivity index is 1.54. The molecule has 3 heterocycles. The number of carbonyl (C=O) groups excluding carboxylic acids is 1. The van der Waals surface area contributed by atoms with Gasteiger partial charge in [0.1, 0.15) is 5.15 Å². The predicted octanol–water partition coefficient (Wildman–Crippen LogP) is 2.72. The molecule has 1 aromatic carbocycles. The highest BCUT2D eigenvalue weighted by atomic mass is 35.5. The standard InChI is InChI=1S/C21H18ClN5O2/c22-18-9-8-16(13-25-18)20(28)24-11-12-26-19-17(7-4-10-23-19)27(21(26)29)14-15-5-2-1-3-6-15/h1-10,13H,11-12,14H2,(H,24,28). The molecule has 0 fully saturated rings. The second-order valence-electron chi connectivity index (χ2n) is 6.48. The number of benzene rings is 1. The second kappa shape index (κ2) is 8.28. The van der Waals surface area contributed by atoms with Gasteiger partial charge in [-0.15, -0.1) is 0 Å². The van der Waals surface area contributed by atoms with Crippen LogP contribution in [0, 0.1) is 0 Å². The van der Waals surface area contributed by atoms with Crippen LogP contribution in [0.4, 0.5) is 0 Å². The van der Waals surface area contributed by atoms with Crippen LogP contribution in [-0.2, 0) is 13.1 Å². The number of nitrogens with zero attached hydrogens (tertiary/aromatic N) is 4. The summed E-state index contributed by atoms with van der Waals surface area (Å²) in [5, 5.41) is 3.12. The van der Waals surface area contributed by atoms with Crippen molar-refractivity contribution in [3.05, 3.63) is 93.8 Å². The minimum Gasteiger partial charge on any atom is -0.350 e. The van der Waals surface area contributed by atoms with Crippen molar-refractivity contribution < 1.29 is 4.79 Å². The lowest BCUT2D eigenvalue weighted by molar-refractivity contribution is 0.0952. The molecule has 0 aliphatic heterocycles.